The summed E-state index contributed by atoms with van der Waals surface area (Å²) >= 11 is 1.25. The van der Waals surface area contributed by atoms with Crippen LogP contribution in [0.4, 0.5) is 0 Å². The SMILES string of the molecule is COc1ccc(-c2oc3cc(C)c(C)cc3c(=O)c2OC(=O)c2cccs2)cc1. The molecule has 0 saturated heterocycles. The Morgan fingerprint density at radius 2 is 1.76 bits per heavy atom. The van der Waals surface area contributed by atoms with Gasteiger partial charge in [-0.05, 0) is 72.8 Å². The summed E-state index contributed by atoms with van der Waals surface area (Å²) < 4.78 is 16.8. The van der Waals surface area contributed by atoms with Crippen LogP contribution >= 0.6 is 11.3 Å². The molecular weight excluding hydrogens is 388 g/mol. The number of thiophene rings is 1. The van der Waals surface area contributed by atoms with Crippen LogP contribution in [0.15, 0.2) is 63.1 Å². The summed E-state index contributed by atoms with van der Waals surface area (Å²) in [4.78, 5) is 26.2. The summed E-state index contributed by atoms with van der Waals surface area (Å²) in [7, 11) is 1.57. The molecule has 6 heteroatoms. The number of ether oxygens (including phenoxy) is 2. The zero-order valence-corrected chi connectivity index (χ0v) is 17.0. The molecular formula is C23H18O5S. The van der Waals surface area contributed by atoms with Crippen LogP contribution in [0.3, 0.4) is 0 Å². The Morgan fingerprint density at radius 1 is 1.03 bits per heavy atom. The Bertz CT molecular complexity index is 1250. The Hall–Kier alpha value is -3.38. The van der Waals surface area contributed by atoms with Crippen molar-refractivity contribution in [3.05, 3.63) is 80.1 Å². The summed E-state index contributed by atoms with van der Waals surface area (Å²) in [6.07, 6.45) is 0. The van der Waals surface area contributed by atoms with Crippen molar-refractivity contribution in [1.82, 2.24) is 0 Å². The average molecular weight is 406 g/mol. The molecule has 0 N–H and O–H groups in total. The minimum Gasteiger partial charge on any atom is -0.497 e. The van der Waals surface area contributed by atoms with Gasteiger partial charge in [-0.25, -0.2) is 4.79 Å². The maximum Gasteiger partial charge on any atom is 0.353 e. The van der Waals surface area contributed by atoms with Crippen LogP contribution in [0.25, 0.3) is 22.3 Å². The van der Waals surface area contributed by atoms with Gasteiger partial charge in [0.05, 0.1) is 12.5 Å². The van der Waals surface area contributed by atoms with Gasteiger partial charge in [-0.1, -0.05) is 6.07 Å². The number of carbonyl (C=O) groups excluding carboxylic acids is 1. The number of fused-ring (bicyclic) bond motifs is 1. The number of aryl methyl sites for hydroxylation is 2. The average Bonchev–Trinajstić information content (AvgIpc) is 3.27. The molecule has 0 amide bonds. The van der Waals surface area contributed by atoms with Crippen molar-refractivity contribution in [2.75, 3.05) is 7.11 Å². The van der Waals surface area contributed by atoms with E-state index in [9.17, 15) is 9.59 Å². The van der Waals surface area contributed by atoms with Gasteiger partial charge in [-0.2, -0.15) is 0 Å². The number of methoxy groups -OCH3 is 1. The highest BCUT2D eigenvalue weighted by molar-refractivity contribution is 7.12. The van der Waals surface area contributed by atoms with E-state index < -0.39 is 5.97 Å². The minimum atomic E-state index is -0.592. The minimum absolute atomic E-state index is 0.121. The predicted molar refractivity (Wildman–Crippen MR) is 113 cm³/mol. The van der Waals surface area contributed by atoms with Gasteiger partial charge in [-0.3, -0.25) is 4.79 Å². The molecule has 2 aromatic carbocycles. The first-order chi connectivity index (χ1) is 14.0. The normalized spacial score (nSPS) is 10.9. The number of rotatable bonds is 4. The molecule has 0 atom stereocenters. The lowest BCUT2D eigenvalue weighted by Crippen LogP contribution is -2.15. The van der Waals surface area contributed by atoms with Gasteiger partial charge in [0.2, 0.25) is 11.2 Å². The van der Waals surface area contributed by atoms with Gasteiger partial charge >= 0.3 is 5.97 Å². The maximum atomic E-state index is 13.3. The van der Waals surface area contributed by atoms with E-state index in [-0.39, 0.29) is 16.9 Å². The van der Waals surface area contributed by atoms with Crippen LogP contribution in [0.2, 0.25) is 0 Å². The summed E-state index contributed by atoms with van der Waals surface area (Å²) in [5, 5.41) is 2.15. The molecule has 2 heterocycles. The number of esters is 1. The zero-order chi connectivity index (χ0) is 20.5. The number of benzene rings is 2. The predicted octanol–water partition coefficient (Wildman–Crippen LogP) is 5.37. The fourth-order valence-electron chi connectivity index (χ4n) is 3.00. The van der Waals surface area contributed by atoms with E-state index in [0.717, 1.165) is 11.1 Å². The molecule has 0 aliphatic heterocycles. The topological polar surface area (TPSA) is 65.7 Å². The fourth-order valence-corrected chi connectivity index (χ4v) is 3.59. The standard InChI is InChI=1S/C23H18O5S/c1-13-11-17-18(12-14(13)2)27-21(15-6-8-16(26-3)9-7-15)22(20(17)24)28-23(25)19-5-4-10-29-19/h4-12H,1-3H3. The first kappa shape index (κ1) is 19.0. The molecule has 0 aliphatic carbocycles. The lowest BCUT2D eigenvalue weighted by Gasteiger charge is -2.12. The van der Waals surface area contributed by atoms with Gasteiger partial charge in [0, 0.05) is 5.56 Å². The molecule has 0 fully saturated rings. The van der Waals surface area contributed by atoms with Gasteiger partial charge in [0.1, 0.15) is 16.2 Å². The summed E-state index contributed by atoms with van der Waals surface area (Å²) in [5.74, 6) is 0.161. The van der Waals surface area contributed by atoms with Crippen LogP contribution in [0.1, 0.15) is 20.8 Å². The summed E-state index contributed by atoms with van der Waals surface area (Å²) in [5.41, 5.74) is 2.63. The first-order valence-corrected chi connectivity index (χ1v) is 9.84. The molecule has 146 valence electrons. The second-order valence-electron chi connectivity index (χ2n) is 6.62. The number of carbonyl (C=O) groups is 1. The molecule has 0 unspecified atom stereocenters. The first-order valence-electron chi connectivity index (χ1n) is 8.96. The Kier molecular flexibility index (Phi) is 4.94. The third kappa shape index (κ3) is 3.54. The maximum absolute atomic E-state index is 13.3. The third-order valence-electron chi connectivity index (χ3n) is 4.73. The van der Waals surface area contributed by atoms with Gasteiger partial charge < -0.3 is 13.9 Å². The second kappa shape index (κ2) is 7.56. The molecule has 29 heavy (non-hydrogen) atoms. The molecule has 4 aromatic rings. The quantitative estimate of drug-likeness (QED) is 0.427. The van der Waals surface area contributed by atoms with Gasteiger partial charge in [0.25, 0.3) is 0 Å². The van der Waals surface area contributed by atoms with Crippen LogP contribution in [0, 0.1) is 13.8 Å². The summed E-state index contributed by atoms with van der Waals surface area (Å²) in [6, 6.07) is 14.0. The van der Waals surface area contributed by atoms with Crippen LogP contribution in [-0.4, -0.2) is 13.1 Å². The molecule has 0 saturated carbocycles. The van der Waals surface area contributed by atoms with Gasteiger partial charge in [0.15, 0.2) is 5.76 Å². The molecule has 0 aliphatic rings. The molecule has 4 rings (SSSR count). The fraction of sp³-hybridized carbons (Fsp3) is 0.130. The van der Waals surface area contributed by atoms with Crippen LogP contribution in [0.5, 0.6) is 11.5 Å². The number of hydrogen-bond donors (Lipinski definition) is 0. The van der Waals surface area contributed by atoms with E-state index in [4.69, 9.17) is 13.9 Å². The van der Waals surface area contributed by atoms with E-state index in [1.165, 1.54) is 11.3 Å². The van der Waals surface area contributed by atoms with Crippen LogP contribution in [-0.2, 0) is 0 Å². The Morgan fingerprint density at radius 3 is 2.41 bits per heavy atom. The van der Waals surface area contributed by atoms with Crippen LogP contribution < -0.4 is 14.9 Å². The highest BCUT2D eigenvalue weighted by Gasteiger charge is 2.22. The molecule has 0 radical (unpaired) electrons. The van der Waals surface area contributed by atoms with Crippen molar-refractivity contribution in [3.63, 3.8) is 0 Å². The highest BCUT2D eigenvalue weighted by Crippen LogP contribution is 2.33. The summed E-state index contributed by atoms with van der Waals surface area (Å²) in [6.45, 7) is 3.87. The largest absolute Gasteiger partial charge is 0.497 e. The zero-order valence-electron chi connectivity index (χ0n) is 16.1. The Labute approximate surface area is 171 Å². The molecule has 0 spiro atoms. The van der Waals surface area contributed by atoms with Gasteiger partial charge in [-0.15, -0.1) is 11.3 Å². The van der Waals surface area contributed by atoms with Crippen molar-refractivity contribution in [1.29, 1.82) is 0 Å². The van der Waals surface area contributed by atoms with E-state index in [1.807, 2.05) is 19.9 Å². The smallest absolute Gasteiger partial charge is 0.353 e. The molecule has 5 nitrogen and oxygen atoms in total. The number of hydrogen-bond acceptors (Lipinski definition) is 6. The molecule has 2 aromatic heterocycles. The monoisotopic (exact) mass is 406 g/mol. The van der Waals surface area contributed by atoms with Crippen molar-refractivity contribution < 1.29 is 18.7 Å². The molecule has 0 bridgehead atoms. The van der Waals surface area contributed by atoms with E-state index >= 15 is 0 Å². The highest BCUT2D eigenvalue weighted by atomic mass is 32.1. The lowest BCUT2D eigenvalue weighted by molar-refractivity contribution is 0.0736. The van der Waals surface area contributed by atoms with E-state index in [2.05, 4.69) is 0 Å². The third-order valence-corrected chi connectivity index (χ3v) is 5.58. The van der Waals surface area contributed by atoms with Crippen molar-refractivity contribution in [3.8, 4) is 22.8 Å². The Balaban J connectivity index is 1.94. The lowest BCUT2D eigenvalue weighted by atomic mass is 10.0. The van der Waals surface area contributed by atoms with Crippen molar-refractivity contribution in [2.24, 2.45) is 0 Å². The van der Waals surface area contributed by atoms with E-state index in [1.54, 1.807) is 55.0 Å². The van der Waals surface area contributed by atoms with Crippen molar-refractivity contribution in [2.45, 2.75) is 13.8 Å². The van der Waals surface area contributed by atoms with E-state index in [0.29, 0.717) is 27.2 Å². The van der Waals surface area contributed by atoms with Crippen molar-refractivity contribution >= 4 is 28.3 Å². The second-order valence-corrected chi connectivity index (χ2v) is 7.57.